The van der Waals surface area contributed by atoms with E-state index in [1.165, 1.54) is 0 Å². The highest BCUT2D eigenvalue weighted by Crippen LogP contribution is 2.22. The summed E-state index contributed by atoms with van der Waals surface area (Å²) in [5, 5.41) is 0. The van der Waals surface area contributed by atoms with Crippen LogP contribution in [0.15, 0.2) is 82.8 Å². The Morgan fingerprint density at radius 1 is 0.810 bits per heavy atom. The van der Waals surface area contributed by atoms with Crippen LogP contribution < -0.4 is 0 Å². The van der Waals surface area contributed by atoms with Crippen molar-refractivity contribution in [2.24, 2.45) is 9.98 Å². The fraction of sp³-hybridized carbons (Fsp3) is 0.111. The van der Waals surface area contributed by atoms with E-state index in [0.717, 1.165) is 29.2 Å². The van der Waals surface area contributed by atoms with Gasteiger partial charge in [-0.25, -0.2) is 0 Å². The molecule has 0 aliphatic heterocycles. The van der Waals surface area contributed by atoms with Crippen LogP contribution in [0, 0.1) is 0 Å². The van der Waals surface area contributed by atoms with Crippen molar-refractivity contribution in [2.45, 2.75) is 11.2 Å². The standard InChI is InChI=1S/C18H15BrN2/c19-18-16(20-14-8-3-1-4-9-14)12-7-13-17(18)21-15-10-5-2-6-11-15/h1-12,18H,13H2. The number of halogens is 1. The second kappa shape index (κ2) is 6.64. The van der Waals surface area contributed by atoms with Crippen LogP contribution in [0.1, 0.15) is 6.42 Å². The van der Waals surface area contributed by atoms with Crippen molar-refractivity contribution in [2.75, 3.05) is 0 Å². The van der Waals surface area contributed by atoms with Gasteiger partial charge in [0.15, 0.2) is 0 Å². The van der Waals surface area contributed by atoms with Crippen LogP contribution in [0.4, 0.5) is 11.4 Å². The van der Waals surface area contributed by atoms with E-state index < -0.39 is 0 Å². The molecule has 3 heteroatoms. The zero-order valence-corrected chi connectivity index (χ0v) is 13.1. The Morgan fingerprint density at radius 2 is 1.38 bits per heavy atom. The van der Waals surface area contributed by atoms with E-state index in [-0.39, 0.29) is 4.83 Å². The lowest BCUT2D eigenvalue weighted by Crippen LogP contribution is -2.25. The van der Waals surface area contributed by atoms with Crippen molar-refractivity contribution < 1.29 is 0 Å². The van der Waals surface area contributed by atoms with Crippen LogP contribution in [-0.4, -0.2) is 16.3 Å². The van der Waals surface area contributed by atoms with Gasteiger partial charge >= 0.3 is 0 Å². The molecule has 3 rings (SSSR count). The van der Waals surface area contributed by atoms with Gasteiger partial charge in [-0.05, 0) is 30.3 Å². The Labute approximate surface area is 133 Å². The number of rotatable bonds is 2. The van der Waals surface area contributed by atoms with Gasteiger partial charge in [-0.2, -0.15) is 0 Å². The van der Waals surface area contributed by atoms with E-state index in [1.54, 1.807) is 0 Å². The largest absolute Gasteiger partial charge is 0.256 e. The first-order chi connectivity index (χ1) is 10.3. The third-order valence-electron chi connectivity index (χ3n) is 3.21. The first-order valence-corrected chi connectivity index (χ1v) is 7.81. The van der Waals surface area contributed by atoms with Crippen molar-refractivity contribution >= 4 is 38.7 Å². The predicted molar refractivity (Wildman–Crippen MR) is 93.5 cm³/mol. The summed E-state index contributed by atoms with van der Waals surface area (Å²) in [4.78, 5) is 9.48. The molecule has 2 nitrogen and oxygen atoms in total. The molecule has 0 saturated carbocycles. The maximum absolute atomic E-state index is 4.73. The molecule has 1 aliphatic carbocycles. The topological polar surface area (TPSA) is 24.7 Å². The minimum Gasteiger partial charge on any atom is -0.256 e. The van der Waals surface area contributed by atoms with Gasteiger partial charge in [0.2, 0.25) is 0 Å². The molecule has 1 aliphatic rings. The molecule has 0 saturated heterocycles. The molecular weight excluding hydrogens is 324 g/mol. The second-order valence-corrected chi connectivity index (χ2v) is 5.70. The number of nitrogens with zero attached hydrogens (tertiary/aromatic N) is 2. The van der Waals surface area contributed by atoms with Gasteiger partial charge in [-0.1, -0.05) is 58.4 Å². The van der Waals surface area contributed by atoms with Gasteiger partial charge in [0.1, 0.15) is 0 Å². The Bertz CT molecular complexity index is 688. The molecular formula is C18H15BrN2. The number of alkyl halides is 1. The molecule has 104 valence electrons. The molecule has 1 atom stereocenters. The van der Waals surface area contributed by atoms with Crippen LogP contribution >= 0.6 is 15.9 Å². The quantitative estimate of drug-likeness (QED) is 0.667. The molecule has 0 radical (unpaired) electrons. The molecule has 0 fully saturated rings. The molecule has 0 bridgehead atoms. The Kier molecular flexibility index (Phi) is 4.41. The summed E-state index contributed by atoms with van der Waals surface area (Å²) in [6.07, 6.45) is 5.02. The third kappa shape index (κ3) is 3.56. The van der Waals surface area contributed by atoms with Gasteiger partial charge in [0.05, 0.1) is 21.9 Å². The Hall–Kier alpha value is -2.00. The lowest BCUT2D eigenvalue weighted by atomic mass is 10.0. The van der Waals surface area contributed by atoms with Gasteiger partial charge in [0, 0.05) is 12.1 Å². The molecule has 1 unspecified atom stereocenters. The summed E-state index contributed by atoms with van der Waals surface area (Å²) in [5.74, 6) is 0. The van der Waals surface area contributed by atoms with Gasteiger partial charge in [-0.3, -0.25) is 9.98 Å². The third-order valence-corrected chi connectivity index (χ3v) is 4.21. The van der Waals surface area contributed by atoms with Crippen LogP contribution in [-0.2, 0) is 0 Å². The van der Waals surface area contributed by atoms with E-state index in [4.69, 9.17) is 9.98 Å². The van der Waals surface area contributed by atoms with Crippen LogP contribution in [0.2, 0.25) is 0 Å². The molecule has 0 spiro atoms. The highest BCUT2D eigenvalue weighted by atomic mass is 79.9. The number of allylic oxidation sites excluding steroid dienone is 2. The van der Waals surface area contributed by atoms with Crippen LogP contribution in [0.5, 0.6) is 0 Å². The van der Waals surface area contributed by atoms with Gasteiger partial charge in [0.25, 0.3) is 0 Å². The summed E-state index contributed by atoms with van der Waals surface area (Å²) in [7, 11) is 0. The minimum atomic E-state index is 0.0583. The van der Waals surface area contributed by atoms with Crippen molar-refractivity contribution in [1.82, 2.24) is 0 Å². The lowest BCUT2D eigenvalue weighted by molar-refractivity contribution is 1.31. The van der Waals surface area contributed by atoms with E-state index >= 15 is 0 Å². The smallest absolute Gasteiger partial charge is 0.0952 e. The fourth-order valence-electron chi connectivity index (χ4n) is 2.18. The average Bonchev–Trinajstić information content (AvgIpc) is 2.53. The number of benzene rings is 2. The SMILES string of the molecule is BrC1C(=Nc2ccccc2)C=CCC1=Nc1ccccc1. The summed E-state index contributed by atoms with van der Waals surface area (Å²) in [5.41, 5.74) is 4.01. The average molecular weight is 339 g/mol. The van der Waals surface area contributed by atoms with Crippen molar-refractivity contribution in [1.29, 1.82) is 0 Å². The number of para-hydroxylation sites is 2. The van der Waals surface area contributed by atoms with E-state index in [9.17, 15) is 0 Å². The first kappa shape index (κ1) is 14.0. The summed E-state index contributed by atoms with van der Waals surface area (Å²) in [6, 6.07) is 20.0. The summed E-state index contributed by atoms with van der Waals surface area (Å²) in [6.45, 7) is 0. The van der Waals surface area contributed by atoms with E-state index in [1.807, 2.05) is 60.7 Å². The number of hydrogen-bond acceptors (Lipinski definition) is 2. The zero-order chi connectivity index (χ0) is 14.5. The molecule has 2 aromatic carbocycles. The van der Waals surface area contributed by atoms with E-state index in [2.05, 4.69) is 28.1 Å². The number of aliphatic imine (C=N–C) groups is 2. The summed E-state index contributed by atoms with van der Waals surface area (Å²) < 4.78 is 0. The zero-order valence-electron chi connectivity index (χ0n) is 11.5. The highest BCUT2D eigenvalue weighted by molar-refractivity contribution is 9.10. The minimum absolute atomic E-state index is 0.0583. The molecule has 0 heterocycles. The fourth-order valence-corrected chi connectivity index (χ4v) is 2.72. The van der Waals surface area contributed by atoms with Gasteiger partial charge in [-0.15, -0.1) is 0 Å². The molecule has 2 aromatic rings. The molecule has 0 aromatic heterocycles. The van der Waals surface area contributed by atoms with Crippen LogP contribution in [0.3, 0.4) is 0 Å². The molecule has 0 amide bonds. The maximum atomic E-state index is 4.73. The Morgan fingerprint density at radius 3 is 2.00 bits per heavy atom. The molecule has 0 N–H and O–H groups in total. The van der Waals surface area contributed by atoms with Crippen molar-refractivity contribution in [3.63, 3.8) is 0 Å². The monoisotopic (exact) mass is 338 g/mol. The normalized spacial score (nSPS) is 21.9. The maximum Gasteiger partial charge on any atom is 0.0952 e. The lowest BCUT2D eigenvalue weighted by Gasteiger charge is -2.17. The molecule has 21 heavy (non-hydrogen) atoms. The van der Waals surface area contributed by atoms with E-state index in [0.29, 0.717) is 0 Å². The van der Waals surface area contributed by atoms with Crippen LogP contribution in [0.25, 0.3) is 0 Å². The first-order valence-electron chi connectivity index (χ1n) is 6.90. The number of hydrogen-bond donors (Lipinski definition) is 0. The van der Waals surface area contributed by atoms with Gasteiger partial charge < -0.3 is 0 Å². The Balaban J connectivity index is 1.89. The predicted octanol–water partition coefficient (Wildman–Crippen LogP) is 5.26. The highest BCUT2D eigenvalue weighted by Gasteiger charge is 2.20. The van der Waals surface area contributed by atoms with Crippen molar-refractivity contribution in [3.05, 3.63) is 72.8 Å². The second-order valence-electron chi connectivity index (χ2n) is 4.78. The van der Waals surface area contributed by atoms with Crippen molar-refractivity contribution in [3.8, 4) is 0 Å². The summed E-state index contributed by atoms with van der Waals surface area (Å²) >= 11 is 3.72.